The Kier molecular flexibility index (Phi) is 10.9. The summed E-state index contributed by atoms with van der Waals surface area (Å²) >= 11 is 0. The number of carboxylic acid groups (broad SMARTS) is 2. The number of piperidine rings is 1. The molecule has 4 rings (SSSR count). The highest BCUT2D eigenvalue weighted by Gasteiger charge is 2.41. The first-order chi connectivity index (χ1) is 17.2. The van der Waals surface area contributed by atoms with E-state index < -0.39 is 24.3 Å². The van der Waals surface area contributed by atoms with Crippen molar-refractivity contribution in [2.24, 2.45) is 5.92 Å². The second-order valence-corrected chi connectivity index (χ2v) is 9.06. The smallest absolute Gasteiger partial charge is 0.475 e. The molecule has 1 aliphatic carbocycles. The van der Waals surface area contributed by atoms with E-state index in [-0.39, 0.29) is 5.60 Å². The number of aromatic nitrogens is 2. The van der Waals surface area contributed by atoms with Gasteiger partial charge in [0.05, 0.1) is 18.8 Å². The number of hydrogen-bond acceptors (Lipinski definition) is 7. The minimum absolute atomic E-state index is 0.0175. The van der Waals surface area contributed by atoms with Crippen LogP contribution in [0.2, 0.25) is 0 Å². The number of anilines is 1. The molecule has 1 spiro atoms. The lowest BCUT2D eigenvalue weighted by Gasteiger charge is -2.47. The Morgan fingerprint density at radius 1 is 0.946 bits per heavy atom. The number of morpholine rings is 1. The molecule has 1 aromatic rings. The number of carboxylic acids is 2. The quantitative estimate of drug-likeness (QED) is 0.551. The first kappa shape index (κ1) is 30.5. The third kappa shape index (κ3) is 10.3. The van der Waals surface area contributed by atoms with Gasteiger partial charge in [0.2, 0.25) is 5.95 Å². The number of halogens is 6. The third-order valence-corrected chi connectivity index (χ3v) is 6.33. The largest absolute Gasteiger partial charge is 0.490 e. The predicted octanol–water partition coefficient (Wildman–Crippen LogP) is 3.60. The molecule has 37 heavy (non-hydrogen) atoms. The standard InChI is InChI=1S/C18H28N4O.2C2HF3O2/c1-2-5-16(4-1)14-21-10-6-18(7-11-21)15-22(12-13-23-18)17-19-8-3-9-20-17;2*3-2(4,5)1(6)7/h3,8-9,16H,1-2,4-7,10-15H2;2*(H,6,7). The Hall–Kier alpha value is -2.68. The van der Waals surface area contributed by atoms with Crippen LogP contribution in [0.3, 0.4) is 0 Å². The highest BCUT2D eigenvalue weighted by Crippen LogP contribution is 2.33. The average Bonchev–Trinajstić information content (AvgIpc) is 3.34. The molecule has 0 radical (unpaired) electrons. The monoisotopic (exact) mass is 544 g/mol. The van der Waals surface area contributed by atoms with E-state index in [1.54, 1.807) is 0 Å². The molecule has 0 unspecified atom stereocenters. The van der Waals surface area contributed by atoms with Crippen molar-refractivity contribution in [3.63, 3.8) is 0 Å². The fraction of sp³-hybridized carbons (Fsp3) is 0.727. The van der Waals surface area contributed by atoms with Gasteiger partial charge in [-0.15, -0.1) is 0 Å². The number of nitrogens with zero attached hydrogens (tertiary/aromatic N) is 4. The van der Waals surface area contributed by atoms with Crippen LogP contribution in [0.15, 0.2) is 18.5 Å². The number of alkyl halides is 6. The molecule has 3 heterocycles. The summed E-state index contributed by atoms with van der Waals surface area (Å²) in [5.41, 5.74) is 0.0175. The van der Waals surface area contributed by atoms with Crippen molar-refractivity contribution < 1.29 is 50.9 Å². The van der Waals surface area contributed by atoms with Crippen molar-refractivity contribution in [2.75, 3.05) is 44.2 Å². The predicted molar refractivity (Wildman–Crippen MR) is 118 cm³/mol. The van der Waals surface area contributed by atoms with E-state index in [1.165, 1.54) is 45.3 Å². The van der Waals surface area contributed by atoms with Crippen molar-refractivity contribution >= 4 is 17.9 Å². The lowest BCUT2D eigenvalue weighted by Crippen LogP contribution is -2.57. The van der Waals surface area contributed by atoms with Gasteiger partial charge in [-0.3, -0.25) is 0 Å². The summed E-state index contributed by atoms with van der Waals surface area (Å²) in [7, 11) is 0. The normalized spacial score (nSPS) is 20.4. The van der Waals surface area contributed by atoms with Crippen molar-refractivity contribution in [3.8, 4) is 0 Å². The first-order valence-corrected chi connectivity index (χ1v) is 11.7. The van der Waals surface area contributed by atoms with Crippen molar-refractivity contribution in [2.45, 2.75) is 56.5 Å². The Morgan fingerprint density at radius 3 is 1.89 bits per heavy atom. The molecule has 0 amide bonds. The van der Waals surface area contributed by atoms with E-state index in [0.717, 1.165) is 44.4 Å². The summed E-state index contributed by atoms with van der Waals surface area (Å²) in [5, 5.41) is 14.2. The topological polar surface area (TPSA) is 116 Å². The van der Waals surface area contributed by atoms with Crippen molar-refractivity contribution in [3.05, 3.63) is 18.5 Å². The van der Waals surface area contributed by atoms with Crippen LogP contribution in [-0.2, 0) is 14.3 Å². The fourth-order valence-electron chi connectivity index (χ4n) is 4.47. The molecule has 2 saturated heterocycles. The van der Waals surface area contributed by atoms with E-state index in [9.17, 15) is 26.3 Å². The van der Waals surface area contributed by atoms with E-state index in [0.29, 0.717) is 0 Å². The maximum Gasteiger partial charge on any atom is 0.490 e. The fourth-order valence-corrected chi connectivity index (χ4v) is 4.47. The van der Waals surface area contributed by atoms with Gasteiger partial charge in [0.1, 0.15) is 0 Å². The number of likely N-dealkylation sites (tertiary alicyclic amines) is 1. The highest BCUT2D eigenvalue weighted by molar-refractivity contribution is 5.73. The van der Waals surface area contributed by atoms with Crippen LogP contribution in [0.25, 0.3) is 0 Å². The van der Waals surface area contributed by atoms with Crippen LogP contribution in [0.5, 0.6) is 0 Å². The van der Waals surface area contributed by atoms with E-state index >= 15 is 0 Å². The Morgan fingerprint density at radius 2 is 1.43 bits per heavy atom. The summed E-state index contributed by atoms with van der Waals surface area (Å²) in [5.74, 6) is -3.71. The van der Waals surface area contributed by atoms with Crippen LogP contribution < -0.4 is 4.90 Å². The van der Waals surface area contributed by atoms with Gasteiger partial charge in [-0.1, -0.05) is 12.8 Å². The number of aliphatic carboxylic acids is 2. The summed E-state index contributed by atoms with van der Waals surface area (Å²) in [6, 6.07) is 1.88. The Bertz CT molecular complexity index is 833. The van der Waals surface area contributed by atoms with Gasteiger partial charge in [-0.2, -0.15) is 26.3 Å². The van der Waals surface area contributed by atoms with E-state index in [1.807, 2.05) is 18.5 Å². The number of rotatable bonds is 3. The van der Waals surface area contributed by atoms with Crippen LogP contribution >= 0.6 is 0 Å². The molecule has 210 valence electrons. The Balaban J connectivity index is 0.000000286. The second-order valence-electron chi connectivity index (χ2n) is 9.06. The molecule has 1 saturated carbocycles. The van der Waals surface area contributed by atoms with Crippen molar-refractivity contribution in [1.29, 1.82) is 0 Å². The maximum atomic E-state index is 10.6. The SMILES string of the molecule is O=C(O)C(F)(F)F.O=C(O)C(F)(F)F.c1cnc(N2CCOC3(CCN(CC4CCCC4)CC3)C2)nc1. The maximum absolute atomic E-state index is 10.6. The molecule has 3 fully saturated rings. The third-order valence-electron chi connectivity index (χ3n) is 6.33. The molecular formula is C22H30F6N4O5. The molecule has 2 N–H and O–H groups in total. The van der Waals surface area contributed by atoms with Gasteiger partial charge in [0.15, 0.2) is 0 Å². The number of ether oxygens (including phenoxy) is 1. The molecule has 2 aliphatic heterocycles. The van der Waals surface area contributed by atoms with Gasteiger partial charge in [-0.05, 0) is 37.7 Å². The molecular weight excluding hydrogens is 514 g/mol. The zero-order chi connectivity index (χ0) is 27.7. The highest BCUT2D eigenvalue weighted by atomic mass is 19.4. The van der Waals surface area contributed by atoms with Gasteiger partial charge in [0.25, 0.3) is 0 Å². The van der Waals surface area contributed by atoms with Gasteiger partial charge in [0, 0.05) is 38.6 Å². The van der Waals surface area contributed by atoms with E-state index in [4.69, 9.17) is 24.5 Å². The van der Waals surface area contributed by atoms with Crippen molar-refractivity contribution in [1.82, 2.24) is 14.9 Å². The lowest BCUT2D eigenvalue weighted by molar-refractivity contribution is -0.193. The molecule has 0 atom stereocenters. The van der Waals surface area contributed by atoms with E-state index in [2.05, 4.69) is 19.8 Å². The minimum atomic E-state index is -5.08. The zero-order valence-corrected chi connectivity index (χ0v) is 20.0. The molecule has 0 aromatic carbocycles. The van der Waals surface area contributed by atoms with Gasteiger partial charge >= 0.3 is 24.3 Å². The number of hydrogen-bond donors (Lipinski definition) is 2. The summed E-state index contributed by atoms with van der Waals surface area (Å²) in [6.07, 6.45) is 1.54. The Labute approximate surface area is 209 Å². The minimum Gasteiger partial charge on any atom is -0.475 e. The first-order valence-electron chi connectivity index (χ1n) is 11.7. The average molecular weight is 544 g/mol. The molecule has 9 nitrogen and oxygen atoms in total. The molecule has 1 aromatic heterocycles. The van der Waals surface area contributed by atoms with Crippen LogP contribution in [0.4, 0.5) is 32.3 Å². The van der Waals surface area contributed by atoms with Crippen LogP contribution in [0, 0.1) is 5.92 Å². The zero-order valence-electron chi connectivity index (χ0n) is 20.0. The lowest BCUT2D eigenvalue weighted by atomic mass is 9.89. The summed E-state index contributed by atoms with van der Waals surface area (Å²) < 4.78 is 69.7. The second kappa shape index (κ2) is 13.2. The van der Waals surface area contributed by atoms with Crippen LogP contribution in [0.1, 0.15) is 38.5 Å². The summed E-state index contributed by atoms with van der Waals surface area (Å²) in [4.78, 5) is 31.6. The molecule has 15 heteroatoms. The van der Waals surface area contributed by atoms with Crippen LogP contribution in [-0.4, -0.2) is 94.3 Å². The number of carbonyl (C=O) groups is 2. The van der Waals surface area contributed by atoms with Gasteiger partial charge < -0.3 is 24.7 Å². The molecule has 3 aliphatic rings. The molecule has 0 bridgehead atoms. The van der Waals surface area contributed by atoms with Gasteiger partial charge in [-0.25, -0.2) is 19.6 Å². The summed E-state index contributed by atoms with van der Waals surface area (Å²) in [6.45, 7) is 6.30.